The number of carbonyl (C=O) groups is 2. The Kier molecular flexibility index (Phi) is 5.99. The second kappa shape index (κ2) is 7.17. The first kappa shape index (κ1) is 19.2. The molecule has 2 amide bonds. The summed E-state index contributed by atoms with van der Waals surface area (Å²) in [5.74, 6) is -1.05. The molecule has 2 N–H and O–H groups in total. The molecule has 0 aliphatic heterocycles. The second-order valence-electron chi connectivity index (χ2n) is 6.65. The normalized spacial score (nSPS) is 11.8. The molecular weight excluding hydrogens is 323 g/mol. The summed E-state index contributed by atoms with van der Waals surface area (Å²) in [5.41, 5.74) is -1.61. The minimum atomic E-state index is -1.21. The molecule has 1 aromatic rings. The number of hydrogen-bond acceptors (Lipinski definition) is 3. The number of carbonyl (C=O) groups excluding carboxylic acids is 2. The zero-order chi connectivity index (χ0) is 17.8. The molecule has 0 aromatic heterocycles. The van der Waals surface area contributed by atoms with Crippen molar-refractivity contribution in [2.24, 2.45) is 0 Å². The fourth-order valence-electron chi connectivity index (χ4n) is 1.70. The zero-order valence-corrected chi connectivity index (χ0v) is 14.7. The highest BCUT2D eigenvalue weighted by Gasteiger charge is 2.31. The summed E-state index contributed by atoms with van der Waals surface area (Å²) >= 11 is 5.69. The van der Waals surface area contributed by atoms with E-state index in [1.54, 1.807) is 26.8 Å². The number of hydrogen-bond donors (Lipinski definition) is 2. The van der Waals surface area contributed by atoms with E-state index in [0.717, 1.165) is 0 Å². The monoisotopic (exact) mass is 344 g/mol. The Morgan fingerprint density at radius 3 is 2.39 bits per heavy atom. The number of halogens is 2. The van der Waals surface area contributed by atoms with Crippen LogP contribution in [0.25, 0.3) is 0 Å². The SMILES string of the molecule is CC(C)(C)OC(=O)NC(C)(C)C(=O)NCc1cccc(Cl)c1F. The minimum absolute atomic E-state index is 0.0112. The number of ether oxygens (including phenoxy) is 1. The Bertz CT molecular complexity index is 597. The molecule has 0 atom stereocenters. The van der Waals surface area contributed by atoms with Gasteiger partial charge in [0.05, 0.1) is 5.02 Å². The molecule has 1 rings (SSSR count). The summed E-state index contributed by atoms with van der Waals surface area (Å²) in [5, 5.41) is 5.04. The first-order valence-corrected chi connectivity index (χ1v) is 7.52. The zero-order valence-electron chi connectivity index (χ0n) is 13.9. The van der Waals surface area contributed by atoms with Gasteiger partial charge in [0, 0.05) is 12.1 Å². The van der Waals surface area contributed by atoms with Gasteiger partial charge in [0.1, 0.15) is 17.0 Å². The summed E-state index contributed by atoms with van der Waals surface area (Å²) in [7, 11) is 0. The Morgan fingerprint density at radius 1 is 1.22 bits per heavy atom. The van der Waals surface area contributed by atoms with E-state index >= 15 is 0 Å². The molecule has 5 nitrogen and oxygen atoms in total. The number of amides is 2. The Labute approximate surface area is 140 Å². The summed E-state index contributed by atoms with van der Waals surface area (Å²) < 4.78 is 18.9. The van der Waals surface area contributed by atoms with E-state index < -0.39 is 29.0 Å². The minimum Gasteiger partial charge on any atom is -0.444 e. The van der Waals surface area contributed by atoms with Crippen LogP contribution in [-0.2, 0) is 16.1 Å². The van der Waals surface area contributed by atoms with Gasteiger partial charge in [-0.3, -0.25) is 4.79 Å². The quantitative estimate of drug-likeness (QED) is 0.879. The van der Waals surface area contributed by atoms with Gasteiger partial charge >= 0.3 is 6.09 Å². The average molecular weight is 345 g/mol. The van der Waals surface area contributed by atoms with Crippen LogP contribution in [0.2, 0.25) is 5.02 Å². The topological polar surface area (TPSA) is 67.4 Å². The fourth-order valence-corrected chi connectivity index (χ4v) is 1.89. The third kappa shape index (κ3) is 6.06. The van der Waals surface area contributed by atoms with Gasteiger partial charge < -0.3 is 15.4 Å². The molecule has 0 bridgehead atoms. The average Bonchev–Trinajstić information content (AvgIpc) is 2.37. The highest BCUT2D eigenvalue weighted by atomic mass is 35.5. The molecule has 23 heavy (non-hydrogen) atoms. The highest BCUT2D eigenvalue weighted by Crippen LogP contribution is 2.18. The van der Waals surface area contributed by atoms with Crippen LogP contribution in [0, 0.1) is 5.82 Å². The third-order valence-corrected chi connectivity index (χ3v) is 3.14. The molecule has 1 aromatic carbocycles. The van der Waals surface area contributed by atoms with Crippen molar-refractivity contribution >= 4 is 23.6 Å². The lowest BCUT2D eigenvalue weighted by Crippen LogP contribution is -2.55. The van der Waals surface area contributed by atoms with Gasteiger partial charge in [0.25, 0.3) is 0 Å². The second-order valence-corrected chi connectivity index (χ2v) is 7.05. The van der Waals surface area contributed by atoms with Crippen molar-refractivity contribution in [1.82, 2.24) is 10.6 Å². The van der Waals surface area contributed by atoms with Crippen LogP contribution in [0.5, 0.6) is 0 Å². The van der Waals surface area contributed by atoms with E-state index in [0.29, 0.717) is 0 Å². The number of nitrogens with one attached hydrogen (secondary N) is 2. The van der Waals surface area contributed by atoms with Crippen LogP contribution in [0.3, 0.4) is 0 Å². The molecular formula is C16H22ClFN2O3. The van der Waals surface area contributed by atoms with Gasteiger partial charge in [0.2, 0.25) is 5.91 Å². The van der Waals surface area contributed by atoms with Crippen molar-refractivity contribution in [2.75, 3.05) is 0 Å². The maximum absolute atomic E-state index is 13.8. The van der Waals surface area contributed by atoms with Crippen LogP contribution in [0.1, 0.15) is 40.2 Å². The highest BCUT2D eigenvalue weighted by molar-refractivity contribution is 6.30. The van der Waals surface area contributed by atoms with Crippen molar-refractivity contribution in [3.8, 4) is 0 Å². The molecule has 0 unspecified atom stereocenters. The molecule has 0 spiro atoms. The van der Waals surface area contributed by atoms with Crippen molar-refractivity contribution in [2.45, 2.75) is 52.3 Å². The van der Waals surface area contributed by atoms with Gasteiger partial charge in [-0.25, -0.2) is 9.18 Å². The van der Waals surface area contributed by atoms with Crippen molar-refractivity contribution < 1.29 is 18.7 Å². The predicted octanol–water partition coefficient (Wildman–Crippen LogP) is 3.40. The number of rotatable bonds is 4. The van der Waals surface area contributed by atoms with Gasteiger partial charge in [-0.05, 0) is 40.7 Å². The molecule has 0 aliphatic carbocycles. The fraction of sp³-hybridized carbons (Fsp3) is 0.500. The molecule has 0 saturated heterocycles. The smallest absolute Gasteiger partial charge is 0.408 e. The maximum atomic E-state index is 13.8. The molecule has 0 heterocycles. The standard InChI is InChI=1S/C16H22ClFN2O3/c1-15(2,3)23-14(22)20-16(4,5)13(21)19-9-10-7-6-8-11(17)12(10)18/h6-8H,9H2,1-5H3,(H,19,21)(H,20,22). The first-order valence-electron chi connectivity index (χ1n) is 7.15. The van der Waals surface area contributed by atoms with Crippen molar-refractivity contribution in [3.63, 3.8) is 0 Å². The lowest BCUT2D eigenvalue weighted by Gasteiger charge is -2.27. The molecule has 0 fully saturated rings. The van der Waals surface area contributed by atoms with Crippen molar-refractivity contribution in [3.05, 3.63) is 34.6 Å². The Balaban J connectivity index is 2.65. The van der Waals surface area contributed by atoms with Crippen LogP contribution < -0.4 is 10.6 Å². The van der Waals surface area contributed by atoms with E-state index in [1.165, 1.54) is 26.0 Å². The molecule has 0 saturated carbocycles. The Morgan fingerprint density at radius 2 is 1.83 bits per heavy atom. The summed E-state index contributed by atoms with van der Waals surface area (Å²) in [4.78, 5) is 24.0. The first-order chi connectivity index (χ1) is 10.4. The largest absolute Gasteiger partial charge is 0.444 e. The molecule has 0 radical (unpaired) electrons. The van der Waals surface area contributed by atoms with Crippen LogP contribution in [-0.4, -0.2) is 23.1 Å². The van der Waals surface area contributed by atoms with Crippen LogP contribution in [0.15, 0.2) is 18.2 Å². The third-order valence-electron chi connectivity index (χ3n) is 2.85. The maximum Gasteiger partial charge on any atom is 0.408 e. The number of benzene rings is 1. The lowest BCUT2D eigenvalue weighted by atomic mass is 10.0. The van der Waals surface area contributed by atoms with Crippen LogP contribution >= 0.6 is 11.6 Å². The van der Waals surface area contributed by atoms with E-state index in [4.69, 9.17) is 16.3 Å². The molecule has 128 valence electrons. The van der Waals surface area contributed by atoms with Crippen molar-refractivity contribution in [1.29, 1.82) is 0 Å². The van der Waals surface area contributed by atoms with E-state index in [1.807, 2.05) is 0 Å². The van der Waals surface area contributed by atoms with Gasteiger partial charge in [0.15, 0.2) is 0 Å². The lowest BCUT2D eigenvalue weighted by molar-refractivity contribution is -0.126. The van der Waals surface area contributed by atoms with Crippen LogP contribution in [0.4, 0.5) is 9.18 Å². The molecule has 0 aliphatic rings. The summed E-state index contributed by atoms with van der Waals surface area (Å²) in [6.07, 6.45) is -0.702. The Hall–Kier alpha value is -1.82. The van der Waals surface area contributed by atoms with Gasteiger partial charge in [-0.1, -0.05) is 23.7 Å². The van der Waals surface area contributed by atoms with E-state index in [-0.39, 0.29) is 17.1 Å². The van der Waals surface area contributed by atoms with E-state index in [9.17, 15) is 14.0 Å². The predicted molar refractivity (Wildman–Crippen MR) is 86.7 cm³/mol. The van der Waals surface area contributed by atoms with Gasteiger partial charge in [-0.2, -0.15) is 0 Å². The summed E-state index contributed by atoms with van der Waals surface area (Å²) in [6.45, 7) is 8.19. The summed E-state index contributed by atoms with van der Waals surface area (Å²) in [6, 6.07) is 4.54. The van der Waals surface area contributed by atoms with E-state index in [2.05, 4.69) is 10.6 Å². The van der Waals surface area contributed by atoms with Gasteiger partial charge in [-0.15, -0.1) is 0 Å². The number of alkyl carbamates (subject to hydrolysis) is 1. The molecule has 7 heteroatoms.